The molecule has 1 saturated heterocycles. The third-order valence-corrected chi connectivity index (χ3v) is 7.07. The van der Waals surface area contributed by atoms with E-state index in [0.717, 1.165) is 33.0 Å². The van der Waals surface area contributed by atoms with Crippen molar-refractivity contribution in [3.8, 4) is 11.5 Å². The van der Waals surface area contributed by atoms with Gasteiger partial charge in [0, 0.05) is 11.6 Å². The molecule has 4 aromatic carbocycles. The van der Waals surface area contributed by atoms with Gasteiger partial charge in [0.1, 0.15) is 6.61 Å². The Morgan fingerprint density at radius 1 is 0.897 bits per heavy atom. The molecule has 0 bridgehead atoms. The van der Waals surface area contributed by atoms with Gasteiger partial charge >= 0.3 is 0 Å². The van der Waals surface area contributed by atoms with E-state index in [-0.39, 0.29) is 22.7 Å². The SMILES string of the molecule is CCOc1cc(/C=C2/SC(=O)N(Cc3ccccc3[N+](=O)[O-])C2=O)ccc1OCc1ccc2ccccc2c1. The number of imide groups is 1. The fourth-order valence-electron chi connectivity index (χ4n) is 4.27. The molecule has 0 aromatic heterocycles. The van der Waals surface area contributed by atoms with Gasteiger partial charge in [0.2, 0.25) is 0 Å². The Morgan fingerprint density at radius 3 is 2.46 bits per heavy atom. The lowest BCUT2D eigenvalue weighted by Gasteiger charge is -2.13. The van der Waals surface area contributed by atoms with Crippen LogP contribution in [0.15, 0.2) is 89.8 Å². The number of carbonyl (C=O) groups is 2. The summed E-state index contributed by atoms with van der Waals surface area (Å²) in [4.78, 5) is 37.7. The quantitative estimate of drug-likeness (QED) is 0.128. The van der Waals surface area contributed by atoms with Crippen molar-refractivity contribution < 1.29 is 24.0 Å². The second kappa shape index (κ2) is 11.4. The monoisotopic (exact) mass is 540 g/mol. The molecule has 1 heterocycles. The molecular formula is C30H24N2O6S. The van der Waals surface area contributed by atoms with E-state index in [9.17, 15) is 19.7 Å². The molecule has 0 spiro atoms. The first-order valence-electron chi connectivity index (χ1n) is 12.3. The smallest absolute Gasteiger partial charge is 0.293 e. The predicted molar refractivity (Wildman–Crippen MR) is 151 cm³/mol. The minimum atomic E-state index is -0.525. The van der Waals surface area contributed by atoms with Gasteiger partial charge in [-0.3, -0.25) is 24.6 Å². The van der Waals surface area contributed by atoms with Crippen molar-refractivity contribution in [3.05, 3.63) is 117 Å². The van der Waals surface area contributed by atoms with Gasteiger partial charge in [0.25, 0.3) is 16.8 Å². The Balaban J connectivity index is 1.33. The molecule has 1 fully saturated rings. The number of para-hydroxylation sites is 1. The van der Waals surface area contributed by atoms with E-state index in [1.807, 2.05) is 25.1 Å². The van der Waals surface area contributed by atoms with Gasteiger partial charge in [0.15, 0.2) is 11.5 Å². The van der Waals surface area contributed by atoms with Crippen molar-refractivity contribution in [1.82, 2.24) is 4.90 Å². The van der Waals surface area contributed by atoms with Crippen LogP contribution in [0.5, 0.6) is 11.5 Å². The number of carbonyl (C=O) groups excluding carboxylic acids is 2. The van der Waals surface area contributed by atoms with E-state index in [0.29, 0.717) is 30.3 Å². The lowest BCUT2D eigenvalue weighted by molar-refractivity contribution is -0.385. The number of benzene rings is 4. The fourth-order valence-corrected chi connectivity index (χ4v) is 5.11. The standard InChI is InChI=1S/C30H24N2O6S/c1-2-37-27-16-20(12-14-26(27)38-19-21-11-13-22-7-3-4-8-23(22)15-21)17-28-29(33)31(30(34)39-28)18-24-9-5-6-10-25(24)32(35)36/h3-17H,2,18-19H2,1H3/b28-17+. The topological polar surface area (TPSA) is 99.0 Å². The Hall–Kier alpha value is -4.63. The molecule has 4 aromatic rings. The van der Waals surface area contributed by atoms with Crippen LogP contribution in [0.4, 0.5) is 10.5 Å². The lowest BCUT2D eigenvalue weighted by Crippen LogP contribution is -2.27. The van der Waals surface area contributed by atoms with Crippen molar-refractivity contribution in [2.45, 2.75) is 20.1 Å². The van der Waals surface area contributed by atoms with E-state index < -0.39 is 16.1 Å². The molecule has 8 nitrogen and oxygen atoms in total. The first-order chi connectivity index (χ1) is 18.9. The molecule has 9 heteroatoms. The Bertz CT molecular complexity index is 1620. The number of nitro benzene ring substituents is 1. The molecule has 0 unspecified atom stereocenters. The Morgan fingerprint density at radius 2 is 1.67 bits per heavy atom. The van der Waals surface area contributed by atoms with Crippen LogP contribution < -0.4 is 9.47 Å². The maximum Gasteiger partial charge on any atom is 0.293 e. The van der Waals surface area contributed by atoms with E-state index in [1.54, 1.807) is 36.4 Å². The Labute approximate surface area is 229 Å². The number of hydrogen-bond donors (Lipinski definition) is 0. The second-order valence-electron chi connectivity index (χ2n) is 8.76. The minimum absolute atomic E-state index is 0.138. The first-order valence-corrected chi connectivity index (χ1v) is 13.1. The zero-order valence-corrected chi connectivity index (χ0v) is 21.9. The van der Waals surface area contributed by atoms with Crippen LogP contribution in [0.2, 0.25) is 0 Å². The summed E-state index contributed by atoms with van der Waals surface area (Å²) < 4.78 is 11.9. The minimum Gasteiger partial charge on any atom is -0.490 e. The van der Waals surface area contributed by atoms with Crippen LogP contribution in [0.1, 0.15) is 23.6 Å². The summed E-state index contributed by atoms with van der Waals surface area (Å²) in [5.74, 6) is 0.579. The number of fused-ring (bicyclic) bond motifs is 1. The van der Waals surface area contributed by atoms with Crippen molar-refractivity contribution >= 4 is 45.4 Å². The van der Waals surface area contributed by atoms with Crippen LogP contribution in [0.3, 0.4) is 0 Å². The summed E-state index contributed by atoms with van der Waals surface area (Å²) in [6.45, 7) is 2.47. The highest BCUT2D eigenvalue weighted by atomic mass is 32.2. The first kappa shape index (κ1) is 26.0. The van der Waals surface area contributed by atoms with E-state index in [2.05, 4.69) is 24.3 Å². The maximum atomic E-state index is 13.0. The molecule has 1 aliphatic heterocycles. The van der Waals surface area contributed by atoms with Crippen LogP contribution >= 0.6 is 11.8 Å². The molecule has 0 saturated carbocycles. The summed E-state index contributed by atoms with van der Waals surface area (Å²) in [6, 6.07) is 25.7. The molecular weight excluding hydrogens is 516 g/mol. The van der Waals surface area contributed by atoms with Crippen molar-refractivity contribution in [1.29, 1.82) is 0 Å². The summed E-state index contributed by atoms with van der Waals surface area (Å²) in [7, 11) is 0. The van der Waals surface area contributed by atoms with Crippen LogP contribution in [0.25, 0.3) is 16.8 Å². The van der Waals surface area contributed by atoms with Crippen LogP contribution in [-0.2, 0) is 17.9 Å². The van der Waals surface area contributed by atoms with Gasteiger partial charge in [-0.25, -0.2) is 0 Å². The lowest BCUT2D eigenvalue weighted by atomic mass is 10.1. The predicted octanol–water partition coefficient (Wildman–Crippen LogP) is 6.96. The average molecular weight is 541 g/mol. The molecule has 0 atom stereocenters. The van der Waals surface area contributed by atoms with E-state index in [4.69, 9.17) is 9.47 Å². The average Bonchev–Trinajstić information content (AvgIpc) is 3.20. The largest absolute Gasteiger partial charge is 0.490 e. The number of amides is 2. The van der Waals surface area contributed by atoms with Gasteiger partial charge in [-0.15, -0.1) is 0 Å². The summed E-state index contributed by atoms with van der Waals surface area (Å²) in [6.07, 6.45) is 1.61. The highest BCUT2D eigenvalue weighted by molar-refractivity contribution is 8.18. The number of hydrogen-bond acceptors (Lipinski definition) is 7. The number of thioether (sulfide) groups is 1. The summed E-state index contributed by atoms with van der Waals surface area (Å²) in [5.41, 5.74) is 1.83. The van der Waals surface area contributed by atoms with Crippen molar-refractivity contribution in [2.75, 3.05) is 6.61 Å². The molecule has 1 aliphatic rings. The van der Waals surface area contributed by atoms with Crippen LogP contribution in [0, 0.1) is 10.1 Å². The number of rotatable bonds is 9. The van der Waals surface area contributed by atoms with Gasteiger partial charge in [-0.05, 0) is 64.9 Å². The van der Waals surface area contributed by atoms with Crippen molar-refractivity contribution in [2.24, 2.45) is 0 Å². The molecule has 0 radical (unpaired) electrons. The van der Waals surface area contributed by atoms with E-state index >= 15 is 0 Å². The fraction of sp³-hybridized carbons (Fsp3) is 0.133. The molecule has 2 amide bonds. The summed E-state index contributed by atoms with van der Waals surface area (Å²) >= 11 is 0.799. The van der Waals surface area contributed by atoms with Gasteiger partial charge in [-0.1, -0.05) is 60.7 Å². The van der Waals surface area contributed by atoms with Gasteiger partial charge in [0.05, 0.1) is 23.0 Å². The van der Waals surface area contributed by atoms with Crippen LogP contribution in [-0.4, -0.2) is 27.6 Å². The maximum absolute atomic E-state index is 13.0. The second-order valence-corrected chi connectivity index (χ2v) is 9.76. The van der Waals surface area contributed by atoms with Crippen molar-refractivity contribution in [3.63, 3.8) is 0 Å². The summed E-state index contributed by atoms with van der Waals surface area (Å²) in [5, 5.41) is 13.1. The molecule has 196 valence electrons. The number of ether oxygens (including phenoxy) is 2. The molecule has 5 rings (SSSR count). The number of nitrogens with zero attached hydrogens (tertiary/aromatic N) is 2. The molecule has 39 heavy (non-hydrogen) atoms. The van der Waals surface area contributed by atoms with E-state index in [1.165, 1.54) is 12.1 Å². The third kappa shape index (κ3) is 5.78. The number of nitro groups is 1. The highest BCUT2D eigenvalue weighted by Crippen LogP contribution is 2.36. The zero-order chi connectivity index (χ0) is 27.4. The molecule has 0 aliphatic carbocycles. The Kier molecular flexibility index (Phi) is 7.60. The van der Waals surface area contributed by atoms with Gasteiger partial charge in [-0.2, -0.15) is 0 Å². The molecule has 0 N–H and O–H groups in total. The van der Waals surface area contributed by atoms with Gasteiger partial charge < -0.3 is 9.47 Å². The zero-order valence-electron chi connectivity index (χ0n) is 21.0. The highest BCUT2D eigenvalue weighted by Gasteiger charge is 2.36. The normalized spacial score (nSPS) is 14.3. The third-order valence-electron chi connectivity index (χ3n) is 6.16.